The molecule has 5 nitrogen and oxygen atoms in total. The van der Waals surface area contributed by atoms with E-state index in [1.807, 2.05) is 0 Å². The van der Waals surface area contributed by atoms with Gasteiger partial charge in [0.15, 0.2) is 5.96 Å². The molecule has 0 unspecified atom stereocenters. The second kappa shape index (κ2) is 10.8. The maximum atomic E-state index is 4.82. The van der Waals surface area contributed by atoms with Gasteiger partial charge in [0.05, 0.1) is 10.7 Å². The summed E-state index contributed by atoms with van der Waals surface area (Å²) in [4.78, 5) is 13.3. The highest BCUT2D eigenvalue weighted by Crippen LogP contribution is 2.18. The van der Waals surface area contributed by atoms with Gasteiger partial charge in [-0.05, 0) is 65.6 Å². The summed E-state index contributed by atoms with van der Waals surface area (Å²) < 4.78 is 0. The summed E-state index contributed by atoms with van der Waals surface area (Å²) in [6.45, 7) is 15.0. The first-order chi connectivity index (χ1) is 12.1. The molecule has 1 aromatic rings. The molecular formula is C19H35N5S. The zero-order chi connectivity index (χ0) is 18.1. The van der Waals surface area contributed by atoms with Crippen molar-refractivity contribution in [3.8, 4) is 0 Å². The van der Waals surface area contributed by atoms with E-state index in [1.165, 1.54) is 48.8 Å². The number of aromatic nitrogens is 1. The Kier molecular flexibility index (Phi) is 8.68. The zero-order valence-corrected chi connectivity index (χ0v) is 17.2. The molecule has 142 valence electrons. The predicted molar refractivity (Wildman–Crippen MR) is 109 cm³/mol. The monoisotopic (exact) mass is 365 g/mol. The van der Waals surface area contributed by atoms with E-state index in [0.717, 1.165) is 43.6 Å². The van der Waals surface area contributed by atoms with Crippen molar-refractivity contribution in [2.45, 2.75) is 53.4 Å². The minimum atomic E-state index is 0.729. The maximum Gasteiger partial charge on any atom is 0.191 e. The van der Waals surface area contributed by atoms with Gasteiger partial charge < -0.3 is 15.5 Å². The lowest BCUT2D eigenvalue weighted by atomic mass is 9.97. The molecule has 0 spiro atoms. The fourth-order valence-corrected chi connectivity index (χ4v) is 4.14. The SMILES string of the molecule is CCCN1CCC(CN=C(NCC)NCCc2nc(C)c(C)s2)CC1. The normalized spacial score (nSPS) is 17.0. The Morgan fingerprint density at radius 2 is 2.00 bits per heavy atom. The lowest BCUT2D eigenvalue weighted by Gasteiger charge is -2.31. The lowest BCUT2D eigenvalue weighted by Crippen LogP contribution is -2.39. The first-order valence-corrected chi connectivity index (χ1v) is 10.6. The van der Waals surface area contributed by atoms with Crippen LogP contribution in [0.25, 0.3) is 0 Å². The first kappa shape index (κ1) is 20.2. The highest BCUT2D eigenvalue weighted by Gasteiger charge is 2.18. The van der Waals surface area contributed by atoms with Crippen molar-refractivity contribution in [3.05, 3.63) is 15.6 Å². The third-order valence-corrected chi connectivity index (χ3v) is 5.94. The number of rotatable bonds is 8. The molecule has 0 bridgehead atoms. The second-order valence-corrected chi connectivity index (χ2v) is 8.22. The van der Waals surface area contributed by atoms with E-state index in [1.54, 1.807) is 11.3 Å². The molecule has 2 heterocycles. The highest BCUT2D eigenvalue weighted by atomic mass is 32.1. The van der Waals surface area contributed by atoms with Crippen LogP contribution in [0, 0.1) is 19.8 Å². The van der Waals surface area contributed by atoms with Gasteiger partial charge >= 0.3 is 0 Å². The van der Waals surface area contributed by atoms with Gasteiger partial charge in [-0.15, -0.1) is 11.3 Å². The van der Waals surface area contributed by atoms with Crippen molar-refractivity contribution in [2.24, 2.45) is 10.9 Å². The molecule has 0 atom stereocenters. The Morgan fingerprint density at radius 1 is 1.24 bits per heavy atom. The molecule has 0 aromatic carbocycles. The molecule has 1 aliphatic heterocycles. The summed E-state index contributed by atoms with van der Waals surface area (Å²) >= 11 is 1.80. The van der Waals surface area contributed by atoms with Crippen LogP contribution in [-0.2, 0) is 6.42 Å². The van der Waals surface area contributed by atoms with Gasteiger partial charge in [0.25, 0.3) is 0 Å². The number of nitrogens with zero attached hydrogens (tertiary/aromatic N) is 3. The molecule has 25 heavy (non-hydrogen) atoms. The number of hydrogen-bond acceptors (Lipinski definition) is 4. The van der Waals surface area contributed by atoms with Gasteiger partial charge in [0.2, 0.25) is 0 Å². The molecule has 6 heteroatoms. The van der Waals surface area contributed by atoms with Crippen molar-refractivity contribution in [3.63, 3.8) is 0 Å². The minimum absolute atomic E-state index is 0.729. The Labute approximate surface area is 157 Å². The average molecular weight is 366 g/mol. The van der Waals surface area contributed by atoms with E-state index in [-0.39, 0.29) is 0 Å². The number of nitrogens with one attached hydrogen (secondary N) is 2. The van der Waals surface area contributed by atoms with Crippen LogP contribution in [0.1, 0.15) is 48.7 Å². The maximum absolute atomic E-state index is 4.82. The van der Waals surface area contributed by atoms with Crippen LogP contribution in [0.2, 0.25) is 0 Å². The van der Waals surface area contributed by atoms with E-state index in [4.69, 9.17) is 4.99 Å². The number of aryl methyl sites for hydroxylation is 2. The fourth-order valence-electron chi connectivity index (χ4n) is 3.20. The molecule has 0 amide bonds. The van der Waals surface area contributed by atoms with E-state index in [0.29, 0.717) is 0 Å². The number of guanidine groups is 1. The Balaban J connectivity index is 1.74. The molecule has 1 aromatic heterocycles. The van der Waals surface area contributed by atoms with Gasteiger partial charge in [0.1, 0.15) is 0 Å². The third-order valence-electron chi connectivity index (χ3n) is 4.80. The Hall–Kier alpha value is -1.14. The van der Waals surface area contributed by atoms with Gasteiger partial charge in [-0.1, -0.05) is 6.92 Å². The van der Waals surface area contributed by atoms with Gasteiger partial charge in [-0.2, -0.15) is 0 Å². The van der Waals surface area contributed by atoms with Crippen LogP contribution in [-0.4, -0.2) is 55.1 Å². The summed E-state index contributed by atoms with van der Waals surface area (Å²) in [6.07, 6.45) is 4.77. The molecule has 2 N–H and O–H groups in total. The van der Waals surface area contributed by atoms with Crippen molar-refractivity contribution in [1.29, 1.82) is 0 Å². The van der Waals surface area contributed by atoms with Crippen LogP contribution in [0.3, 0.4) is 0 Å². The zero-order valence-electron chi connectivity index (χ0n) is 16.4. The van der Waals surface area contributed by atoms with Crippen molar-refractivity contribution in [1.82, 2.24) is 20.5 Å². The van der Waals surface area contributed by atoms with E-state index in [2.05, 4.69) is 48.2 Å². The topological polar surface area (TPSA) is 52.5 Å². The smallest absolute Gasteiger partial charge is 0.191 e. The van der Waals surface area contributed by atoms with Crippen LogP contribution < -0.4 is 10.6 Å². The van der Waals surface area contributed by atoms with Crippen LogP contribution >= 0.6 is 11.3 Å². The number of thiazole rings is 1. The van der Waals surface area contributed by atoms with Crippen LogP contribution in [0.15, 0.2) is 4.99 Å². The van der Waals surface area contributed by atoms with Crippen molar-refractivity contribution < 1.29 is 0 Å². The molecule has 1 fully saturated rings. The lowest BCUT2D eigenvalue weighted by molar-refractivity contribution is 0.188. The van der Waals surface area contributed by atoms with Gasteiger partial charge in [-0.25, -0.2) is 4.98 Å². The molecule has 0 saturated carbocycles. The number of likely N-dealkylation sites (tertiary alicyclic amines) is 1. The van der Waals surface area contributed by atoms with Crippen LogP contribution in [0.4, 0.5) is 0 Å². The van der Waals surface area contributed by atoms with Crippen molar-refractivity contribution >= 4 is 17.3 Å². The summed E-state index contributed by atoms with van der Waals surface area (Å²) in [6, 6.07) is 0. The van der Waals surface area contributed by atoms with E-state index >= 15 is 0 Å². The number of aliphatic imine (C=N–C) groups is 1. The van der Waals surface area contributed by atoms with Crippen molar-refractivity contribution in [2.75, 3.05) is 39.3 Å². The Morgan fingerprint density at radius 3 is 2.60 bits per heavy atom. The quantitative estimate of drug-likeness (QED) is 0.549. The minimum Gasteiger partial charge on any atom is -0.357 e. The molecule has 1 aliphatic rings. The summed E-state index contributed by atoms with van der Waals surface area (Å²) in [5.41, 5.74) is 1.16. The largest absolute Gasteiger partial charge is 0.357 e. The third kappa shape index (κ3) is 6.94. The average Bonchev–Trinajstić information content (AvgIpc) is 2.92. The summed E-state index contributed by atoms with van der Waals surface area (Å²) in [7, 11) is 0. The first-order valence-electron chi connectivity index (χ1n) is 9.79. The highest BCUT2D eigenvalue weighted by molar-refractivity contribution is 7.11. The second-order valence-electron chi connectivity index (χ2n) is 6.93. The molecular weight excluding hydrogens is 330 g/mol. The van der Waals surface area contributed by atoms with Gasteiger partial charge in [0, 0.05) is 30.9 Å². The van der Waals surface area contributed by atoms with Crippen LogP contribution in [0.5, 0.6) is 0 Å². The predicted octanol–water partition coefficient (Wildman–Crippen LogP) is 2.98. The standard InChI is InChI=1S/C19H35N5S/c1-5-11-24-12-8-17(9-13-24)14-22-19(20-6-2)21-10-7-18-23-15(3)16(4)25-18/h17H,5-14H2,1-4H3,(H2,20,21,22). The number of piperidine rings is 1. The fraction of sp³-hybridized carbons (Fsp3) is 0.789. The summed E-state index contributed by atoms with van der Waals surface area (Å²) in [5.74, 6) is 1.68. The Bertz CT molecular complexity index is 512. The molecule has 0 aliphatic carbocycles. The van der Waals surface area contributed by atoms with E-state index in [9.17, 15) is 0 Å². The van der Waals surface area contributed by atoms with Gasteiger partial charge in [-0.3, -0.25) is 4.99 Å². The molecule has 1 saturated heterocycles. The molecule has 0 radical (unpaired) electrons. The van der Waals surface area contributed by atoms with E-state index < -0.39 is 0 Å². The number of hydrogen-bond donors (Lipinski definition) is 2. The molecule has 2 rings (SSSR count). The summed E-state index contributed by atoms with van der Waals surface area (Å²) in [5, 5.41) is 8.04.